The standard InChI is InChI=1S/C18H17F3N2O/c19-18(20,21)15-8-4-5-13(11-15)12-23-10-9-22-17(24)16(23)14-6-2-1-3-7-14/h1-8,11,16H,9-10,12H2,(H,22,24). The maximum Gasteiger partial charge on any atom is 0.416 e. The minimum absolute atomic E-state index is 0.126. The smallest absolute Gasteiger partial charge is 0.353 e. The minimum atomic E-state index is -4.37. The molecule has 24 heavy (non-hydrogen) atoms. The molecule has 0 radical (unpaired) electrons. The molecule has 3 nitrogen and oxygen atoms in total. The number of amides is 1. The number of halogens is 3. The van der Waals surface area contributed by atoms with Crippen molar-refractivity contribution in [1.29, 1.82) is 0 Å². The molecule has 2 aromatic carbocycles. The van der Waals surface area contributed by atoms with Crippen LogP contribution in [0, 0.1) is 0 Å². The lowest BCUT2D eigenvalue weighted by Gasteiger charge is -2.35. The molecule has 0 aliphatic carbocycles. The van der Waals surface area contributed by atoms with Crippen molar-refractivity contribution in [2.24, 2.45) is 0 Å². The van der Waals surface area contributed by atoms with Crippen LogP contribution >= 0.6 is 0 Å². The van der Waals surface area contributed by atoms with Crippen LogP contribution in [0.1, 0.15) is 22.7 Å². The number of nitrogens with one attached hydrogen (secondary N) is 1. The van der Waals surface area contributed by atoms with Gasteiger partial charge in [-0.1, -0.05) is 48.5 Å². The summed E-state index contributed by atoms with van der Waals surface area (Å²) in [6.45, 7) is 1.36. The summed E-state index contributed by atoms with van der Waals surface area (Å²) in [6, 6.07) is 14.0. The minimum Gasteiger partial charge on any atom is -0.353 e. The van der Waals surface area contributed by atoms with Crippen molar-refractivity contribution < 1.29 is 18.0 Å². The fourth-order valence-electron chi connectivity index (χ4n) is 2.96. The van der Waals surface area contributed by atoms with Crippen LogP contribution in [0.25, 0.3) is 0 Å². The lowest BCUT2D eigenvalue weighted by molar-refractivity contribution is -0.137. The van der Waals surface area contributed by atoms with Crippen LogP contribution in [0.15, 0.2) is 54.6 Å². The zero-order chi connectivity index (χ0) is 17.2. The predicted octanol–water partition coefficient (Wildman–Crippen LogP) is 3.38. The molecule has 2 aromatic rings. The van der Waals surface area contributed by atoms with E-state index >= 15 is 0 Å². The van der Waals surface area contributed by atoms with E-state index in [9.17, 15) is 18.0 Å². The maximum absolute atomic E-state index is 12.9. The van der Waals surface area contributed by atoms with Crippen LogP contribution < -0.4 is 5.32 Å². The molecule has 1 amide bonds. The Bertz CT molecular complexity index is 716. The predicted molar refractivity (Wildman–Crippen MR) is 84.0 cm³/mol. The molecule has 6 heteroatoms. The number of alkyl halides is 3. The summed E-state index contributed by atoms with van der Waals surface area (Å²) < 4.78 is 38.6. The number of hydrogen-bond acceptors (Lipinski definition) is 2. The molecule has 1 N–H and O–H groups in total. The Morgan fingerprint density at radius 3 is 2.54 bits per heavy atom. The van der Waals surface area contributed by atoms with Crippen LogP contribution in [0.2, 0.25) is 0 Å². The van der Waals surface area contributed by atoms with Gasteiger partial charge in [0.25, 0.3) is 0 Å². The number of hydrogen-bond donors (Lipinski definition) is 1. The highest BCUT2D eigenvalue weighted by molar-refractivity contribution is 5.83. The van der Waals surface area contributed by atoms with Crippen molar-refractivity contribution >= 4 is 5.91 Å². The van der Waals surface area contributed by atoms with Gasteiger partial charge in [-0.05, 0) is 17.2 Å². The van der Waals surface area contributed by atoms with Crippen molar-refractivity contribution in [3.63, 3.8) is 0 Å². The lowest BCUT2D eigenvalue weighted by Crippen LogP contribution is -2.49. The van der Waals surface area contributed by atoms with Crippen LogP contribution in [0.3, 0.4) is 0 Å². The highest BCUT2D eigenvalue weighted by Gasteiger charge is 2.33. The van der Waals surface area contributed by atoms with E-state index in [2.05, 4.69) is 5.32 Å². The number of nitrogens with zero attached hydrogens (tertiary/aromatic N) is 1. The van der Waals surface area contributed by atoms with Crippen molar-refractivity contribution in [2.75, 3.05) is 13.1 Å². The Hall–Kier alpha value is -2.34. The van der Waals surface area contributed by atoms with Gasteiger partial charge in [0, 0.05) is 19.6 Å². The molecule has 1 aliphatic heterocycles. The summed E-state index contributed by atoms with van der Waals surface area (Å²) in [5.41, 5.74) is 0.708. The molecule has 1 saturated heterocycles. The summed E-state index contributed by atoms with van der Waals surface area (Å²) in [5, 5.41) is 2.82. The summed E-state index contributed by atoms with van der Waals surface area (Å²) in [7, 11) is 0. The molecule has 0 aromatic heterocycles. The van der Waals surface area contributed by atoms with Crippen LogP contribution in [0.5, 0.6) is 0 Å². The van der Waals surface area contributed by atoms with Crippen molar-refractivity contribution in [3.05, 3.63) is 71.3 Å². The van der Waals surface area contributed by atoms with E-state index in [-0.39, 0.29) is 12.5 Å². The van der Waals surface area contributed by atoms with Gasteiger partial charge in [-0.15, -0.1) is 0 Å². The van der Waals surface area contributed by atoms with E-state index in [1.165, 1.54) is 6.07 Å². The molecule has 1 fully saturated rings. The van der Waals surface area contributed by atoms with Gasteiger partial charge in [-0.3, -0.25) is 9.69 Å². The first kappa shape index (κ1) is 16.5. The Morgan fingerprint density at radius 1 is 1.08 bits per heavy atom. The Kier molecular flexibility index (Phi) is 4.57. The van der Waals surface area contributed by atoms with Gasteiger partial charge in [0.05, 0.1) is 5.56 Å². The molecule has 126 valence electrons. The molecule has 1 aliphatic rings. The zero-order valence-corrected chi connectivity index (χ0v) is 12.9. The average Bonchev–Trinajstić information content (AvgIpc) is 2.55. The van der Waals surface area contributed by atoms with E-state index in [1.54, 1.807) is 6.07 Å². The van der Waals surface area contributed by atoms with E-state index in [4.69, 9.17) is 0 Å². The van der Waals surface area contributed by atoms with Gasteiger partial charge in [0.15, 0.2) is 0 Å². The molecule has 0 bridgehead atoms. The molecular formula is C18H17F3N2O. The highest BCUT2D eigenvalue weighted by Crippen LogP contribution is 2.31. The van der Waals surface area contributed by atoms with Crippen LogP contribution in [-0.2, 0) is 17.5 Å². The van der Waals surface area contributed by atoms with Gasteiger partial charge in [0.1, 0.15) is 6.04 Å². The lowest BCUT2D eigenvalue weighted by atomic mass is 10.0. The van der Waals surface area contributed by atoms with Crippen LogP contribution in [0.4, 0.5) is 13.2 Å². The Balaban J connectivity index is 1.86. The normalized spacial score (nSPS) is 19.1. The average molecular weight is 334 g/mol. The monoisotopic (exact) mass is 334 g/mol. The second kappa shape index (κ2) is 6.65. The van der Waals surface area contributed by atoms with E-state index in [1.807, 2.05) is 35.2 Å². The maximum atomic E-state index is 12.9. The quantitative estimate of drug-likeness (QED) is 0.933. The molecule has 1 unspecified atom stereocenters. The Morgan fingerprint density at radius 2 is 1.83 bits per heavy atom. The summed E-state index contributed by atoms with van der Waals surface area (Å²) in [4.78, 5) is 14.2. The highest BCUT2D eigenvalue weighted by atomic mass is 19.4. The summed E-state index contributed by atoms with van der Waals surface area (Å²) in [5.74, 6) is -0.126. The molecule has 0 saturated carbocycles. The van der Waals surface area contributed by atoms with Gasteiger partial charge >= 0.3 is 6.18 Å². The first-order valence-corrected chi connectivity index (χ1v) is 7.68. The first-order valence-electron chi connectivity index (χ1n) is 7.68. The van der Waals surface area contributed by atoms with Gasteiger partial charge in [-0.2, -0.15) is 13.2 Å². The van der Waals surface area contributed by atoms with Crippen LogP contribution in [-0.4, -0.2) is 23.9 Å². The fraction of sp³-hybridized carbons (Fsp3) is 0.278. The Labute approximate surface area is 138 Å². The summed E-state index contributed by atoms with van der Waals surface area (Å²) >= 11 is 0. The van der Waals surface area contributed by atoms with E-state index in [0.717, 1.165) is 17.7 Å². The summed E-state index contributed by atoms with van der Waals surface area (Å²) in [6.07, 6.45) is -4.37. The van der Waals surface area contributed by atoms with Crippen molar-refractivity contribution in [3.8, 4) is 0 Å². The van der Waals surface area contributed by atoms with Gasteiger partial charge < -0.3 is 5.32 Å². The number of rotatable bonds is 3. The van der Waals surface area contributed by atoms with Crippen molar-refractivity contribution in [1.82, 2.24) is 10.2 Å². The molecule has 1 heterocycles. The zero-order valence-electron chi connectivity index (χ0n) is 12.9. The number of carbonyl (C=O) groups is 1. The number of benzene rings is 2. The molecular weight excluding hydrogens is 317 g/mol. The third-order valence-corrected chi connectivity index (χ3v) is 4.07. The van der Waals surface area contributed by atoms with Gasteiger partial charge in [0.2, 0.25) is 5.91 Å². The third kappa shape index (κ3) is 3.59. The second-order valence-electron chi connectivity index (χ2n) is 5.77. The van der Waals surface area contributed by atoms with Gasteiger partial charge in [-0.25, -0.2) is 0 Å². The molecule has 1 atom stereocenters. The number of piperazine rings is 1. The van der Waals surface area contributed by atoms with E-state index < -0.39 is 17.8 Å². The SMILES string of the molecule is O=C1NCCN(Cc2cccc(C(F)(F)F)c2)C1c1ccccc1. The third-order valence-electron chi connectivity index (χ3n) is 4.07. The molecule has 3 rings (SSSR count). The van der Waals surface area contributed by atoms with E-state index in [0.29, 0.717) is 18.7 Å². The topological polar surface area (TPSA) is 32.3 Å². The second-order valence-corrected chi connectivity index (χ2v) is 5.77. The molecule has 0 spiro atoms. The fourth-order valence-corrected chi connectivity index (χ4v) is 2.96. The largest absolute Gasteiger partial charge is 0.416 e. The number of carbonyl (C=O) groups excluding carboxylic acids is 1. The first-order chi connectivity index (χ1) is 11.4. The van der Waals surface area contributed by atoms with Crippen molar-refractivity contribution in [2.45, 2.75) is 18.8 Å².